The summed E-state index contributed by atoms with van der Waals surface area (Å²) in [4.78, 5) is 59.9. The molecule has 0 aliphatic carbocycles. The van der Waals surface area contributed by atoms with E-state index in [0.717, 1.165) is 0 Å². The second-order valence-corrected chi connectivity index (χ2v) is 15.3. The molecule has 0 radical (unpaired) electrons. The molecule has 0 aliphatic rings. The predicted octanol–water partition coefficient (Wildman–Crippen LogP) is -2.72. The van der Waals surface area contributed by atoms with E-state index in [4.69, 9.17) is 98.0 Å². The average molecular weight is 1560 g/mol. The summed E-state index contributed by atoms with van der Waals surface area (Å²) in [5.41, 5.74) is 0. The van der Waals surface area contributed by atoms with Crippen LogP contribution in [0.3, 0.4) is 0 Å². The minimum absolute atomic E-state index is 0. The van der Waals surface area contributed by atoms with Crippen LogP contribution in [0.5, 0.6) is 34.5 Å². The summed E-state index contributed by atoms with van der Waals surface area (Å²) in [6.45, 7) is -2.66. The van der Waals surface area contributed by atoms with Gasteiger partial charge in [0, 0.05) is 30.1 Å². The van der Waals surface area contributed by atoms with Crippen LogP contribution in [-0.2, 0) is 61.6 Å². The van der Waals surface area contributed by atoms with Crippen LogP contribution in [0, 0.1) is 75.5 Å². The number of hydrogen-bond acceptors (Lipinski definition) is 18. The van der Waals surface area contributed by atoms with Crippen molar-refractivity contribution in [1.82, 2.24) is 0 Å². The number of aliphatic carboxylic acids is 6. The van der Waals surface area contributed by atoms with Crippen LogP contribution in [-0.4, -0.2) is 75.5 Å². The molecule has 18 N–H and O–H groups in total. The van der Waals surface area contributed by atoms with Gasteiger partial charge < -0.3 is 121 Å². The average Bonchev–Trinajstić information content (AvgIpc) is 3.34. The van der Waals surface area contributed by atoms with Gasteiger partial charge in [0.05, 0.1) is 35.8 Å². The standard InChI is InChI=1S/6C8H7ClO3.2Ho.6H2O/c6*9-6-1-3-7(4-2-6)12-5-8(10)11;;;;;;;;/h6*1-4H,5H2,(H,10,11);;;6*1H2/q;;;;;;2*+3;;;;;;. The summed E-state index contributed by atoms with van der Waals surface area (Å²) in [7, 11) is 0. The molecule has 0 spiro atoms. The van der Waals surface area contributed by atoms with Crippen LogP contribution in [0.25, 0.3) is 0 Å². The van der Waals surface area contributed by atoms with Crippen molar-refractivity contribution >= 4 is 105 Å². The first-order valence-corrected chi connectivity index (χ1v) is 21.9. The quantitative estimate of drug-likeness (QED) is 0.0623. The molecule has 6 rings (SSSR count). The maximum Gasteiger partial charge on any atom is 3.00 e. The third-order valence-electron chi connectivity index (χ3n) is 7.02. The zero-order valence-corrected chi connectivity index (χ0v) is 49.2. The van der Waals surface area contributed by atoms with E-state index < -0.39 is 75.5 Å². The zero-order chi connectivity index (χ0) is 53.8. The summed E-state index contributed by atoms with van der Waals surface area (Å²) in [6, 6.07) is 38.5. The fraction of sp³-hybridized carbons (Fsp3) is 0.125. The Bertz CT molecular complexity index is 2090. The first-order valence-electron chi connectivity index (χ1n) is 19.6. The van der Waals surface area contributed by atoms with Gasteiger partial charge in [-0.15, -0.1) is 0 Å². The van der Waals surface area contributed by atoms with Gasteiger partial charge in [-0.25, -0.2) is 0 Å². The molecule has 0 saturated heterocycles. The predicted molar refractivity (Wildman–Crippen MR) is 281 cm³/mol. The van der Waals surface area contributed by atoms with Crippen molar-refractivity contribution in [3.8, 4) is 34.5 Å². The Kier molecular flexibility index (Phi) is 62.3. The maximum atomic E-state index is 9.98. The first-order chi connectivity index (χ1) is 34.1. The molecule has 0 fully saturated rings. The first kappa shape index (κ1) is 91.5. The van der Waals surface area contributed by atoms with Gasteiger partial charge in [0.15, 0.2) is 0 Å². The number of carbonyl (C=O) groups excluding carboxylic acids is 6. The van der Waals surface area contributed by atoms with E-state index in [2.05, 4.69) is 0 Å². The van der Waals surface area contributed by atoms with Crippen molar-refractivity contribution in [2.45, 2.75) is 0 Å². The third kappa shape index (κ3) is 52.3. The largest absolute Gasteiger partial charge is 3.00 e. The van der Waals surface area contributed by atoms with E-state index in [-0.39, 0.29) is 108 Å². The van der Waals surface area contributed by atoms with Gasteiger partial charge in [-0.1, -0.05) is 69.6 Å². The van der Waals surface area contributed by atoms with Crippen LogP contribution in [0.15, 0.2) is 146 Å². The summed E-state index contributed by atoms with van der Waals surface area (Å²) in [5.74, 6) is -4.70. The van der Waals surface area contributed by atoms with Gasteiger partial charge in [-0.2, -0.15) is 0 Å². The molecule has 0 bridgehead atoms. The van der Waals surface area contributed by atoms with Gasteiger partial charge in [0.2, 0.25) is 0 Å². The summed E-state index contributed by atoms with van der Waals surface area (Å²) in [5, 5.41) is 63.3. The summed E-state index contributed by atoms with van der Waals surface area (Å²) >= 11 is 33.5. The second kappa shape index (κ2) is 54.5. The molecule has 80 heavy (non-hydrogen) atoms. The number of benzene rings is 6. The van der Waals surface area contributed by atoms with Crippen molar-refractivity contribution < 1.29 is 196 Å². The molecule has 448 valence electrons. The van der Waals surface area contributed by atoms with E-state index in [9.17, 15) is 59.4 Å². The molecule has 0 amide bonds. The van der Waals surface area contributed by atoms with Crippen LogP contribution in [0.4, 0.5) is 0 Å². The number of carbonyl (C=O) groups is 6. The van der Waals surface area contributed by atoms with Crippen LogP contribution < -0.4 is 59.1 Å². The Balaban J connectivity index is -0.000000127. The van der Waals surface area contributed by atoms with Crippen molar-refractivity contribution in [1.29, 1.82) is 0 Å². The molecule has 0 unspecified atom stereocenters. The number of carboxylic acids is 6. The Morgan fingerprint density at radius 3 is 0.400 bits per heavy atom. The Labute approximate surface area is 545 Å². The molecule has 0 aromatic heterocycles. The molecule has 32 heteroatoms. The van der Waals surface area contributed by atoms with Crippen LogP contribution in [0.2, 0.25) is 30.1 Å². The monoisotopic (exact) mass is 1550 g/mol. The van der Waals surface area contributed by atoms with Crippen molar-refractivity contribution in [2.75, 3.05) is 39.6 Å². The molecule has 24 nitrogen and oxygen atoms in total. The van der Waals surface area contributed by atoms with Gasteiger partial charge in [-0.05, 0) is 146 Å². The van der Waals surface area contributed by atoms with Crippen molar-refractivity contribution in [3.63, 3.8) is 0 Å². The Morgan fingerprint density at radius 1 is 0.237 bits per heavy atom. The van der Waals surface area contributed by atoms with Crippen LogP contribution >= 0.6 is 69.6 Å². The van der Waals surface area contributed by atoms with Gasteiger partial charge in [-0.3, -0.25) is 0 Å². The van der Waals surface area contributed by atoms with E-state index >= 15 is 0 Å². The molecular weight excluding hydrogens is 1500 g/mol. The third-order valence-corrected chi connectivity index (χ3v) is 8.53. The number of ether oxygens (including phenoxy) is 6. The van der Waals surface area contributed by atoms with Crippen molar-refractivity contribution in [2.24, 2.45) is 0 Å². The number of halogens is 6. The SMILES string of the molecule is O=C([O-])COc1ccc(Cl)cc1.O=C([O-])COc1ccc(Cl)cc1.O=C([O-])COc1ccc(Cl)cc1.O=C([O-])COc1ccc(Cl)cc1.O=C([O-])COc1ccc(Cl)cc1.O=C([O-])COc1ccc(Cl)cc1.[Ho+3].[Ho+3].[OH3+].[OH3+].[OH3+].[OH3+].[OH3+].[OH3+]. The maximum absolute atomic E-state index is 9.98. The molecule has 6 aromatic rings. The molecule has 0 saturated carbocycles. The molecule has 6 aromatic carbocycles. The zero-order valence-electron chi connectivity index (χ0n) is 40.8. The number of carboxylic acid groups (broad SMARTS) is 6. The van der Waals surface area contributed by atoms with E-state index in [1.807, 2.05) is 0 Å². The van der Waals surface area contributed by atoms with E-state index in [1.54, 1.807) is 146 Å². The second-order valence-electron chi connectivity index (χ2n) is 12.7. The van der Waals surface area contributed by atoms with Gasteiger partial charge in [0.25, 0.3) is 0 Å². The molecular formula is C48H54Cl6Ho2O24+6. The Hall–Kier alpha value is -5.04. The fourth-order valence-corrected chi connectivity index (χ4v) is 4.79. The van der Waals surface area contributed by atoms with E-state index in [1.165, 1.54) is 0 Å². The normalized spacial score (nSPS) is 8.47. The smallest absolute Gasteiger partial charge is 0.546 e. The summed E-state index contributed by atoms with van der Waals surface area (Å²) < 4.78 is 28.8. The van der Waals surface area contributed by atoms with Gasteiger partial charge >= 0.3 is 75.5 Å². The fourth-order valence-electron chi connectivity index (χ4n) is 4.04. The molecule has 0 atom stereocenters. The molecule has 0 heterocycles. The van der Waals surface area contributed by atoms with E-state index in [0.29, 0.717) is 64.6 Å². The molecule has 0 aliphatic heterocycles. The minimum atomic E-state index is -1.25. The Morgan fingerprint density at radius 2 is 0.325 bits per heavy atom. The minimum Gasteiger partial charge on any atom is -0.546 e. The van der Waals surface area contributed by atoms with Crippen molar-refractivity contribution in [3.05, 3.63) is 176 Å². The van der Waals surface area contributed by atoms with Gasteiger partial charge in [0.1, 0.15) is 74.1 Å². The van der Waals surface area contributed by atoms with Crippen LogP contribution in [0.1, 0.15) is 0 Å². The summed E-state index contributed by atoms with van der Waals surface area (Å²) in [6.07, 6.45) is 0. The number of hydrogen-bond donors (Lipinski definition) is 0. The topological polar surface area (TPSA) is 494 Å². The number of rotatable bonds is 18.